The Hall–Kier alpha value is -3.04. The predicted octanol–water partition coefficient (Wildman–Crippen LogP) is 4.45. The fourth-order valence-corrected chi connectivity index (χ4v) is 2.69. The summed E-state index contributed by atoms with van der Waals surface area (Å²) in [5.41, 5.74) is 1.06. The molecule has 0 radical (unpaired) electrons. The summed E-state index contributed by atoms with van der Waals surface area (Å²) in [7, 11) is 0. The summed E-state index contributed by atoms with van der Waals surface area (Å²) < 4.78 is 7.18. The molecule has 8 nitrogen and oxygen atoms in total. The van der Waals surface area contributed by atoms with Crippen molar-refractivity contribution in [2.24, 2.45) is 5.10 Å². The van der Waals surface area contributed by atoms with Crippen molar-refractivity contribution in [1.29, 1.82) is 0 Å². The highest BCUT2D eigenvalue weighted by atomic mass is 35.5. The second-order valence-electron chi connectivity index (χ2n) is 5.33. The van der Waals surface area contributed by atoms with Gasteiger partial charge < -0.3 is 4.74 Å². The lowest BCUT2D eigenvalue weighted by atomic mass is 10.2. The number of aromatic amines is 1. The minimum absolute atomic E-state index is 0.0821. The number of benzene rings is 2. The van der Waals surface area contributed by atoms with Crippen molar-refractivity contribution in [3.05, 3.63) is 67.9 Å². The number of hydrogen-bond acceptors (Lipinski definition) is 6. The predicted molar refractivity (Wildman–Crippen MR) is 105 cm³/mol. The zero-order valence-electron chi connectivity index (χ0n) is 14.1. The first kappa shape index (κ1) is 18.7. The van der Waals surface area contributed by atoms with Gasteiger partial charge in [-0.25, -0.2) is 5.10 Å². The Kier molecular flexibility index (Phi) is 5.63. The first-order valence-electron chi connectivity index (χ1n) is 7.88. The van der Waals surface area contributed by atoms with E-state index in [2.05, 4.69) is 15.3 Å². The topological polar surface area (TPSA) is 98.3 Å². The van der Waals surface area contributed by atoms with Crippen LogP contribution < -0.4 is 4.74 Å². The number of nitro groups is 1. The molecule has 1 N–H and O–H groups in total. The summed E-state index contributed by atoms with van der Waals surface area (Å²) in [5, 5.41) is 22.5. The van der Waals surface area contributed by atoms with Crippen LogP contribution >= 0.6 is 23.8 Å². The number of nitrogens with one attached hydrogen (secondary N) is 1. The Morgan fingerprint density at radius 1 is 1.41 bits per heavy atom. The first-order valence-corrected chi connectivity index (χ1v) is 8.67. The van der Waals surface area contributed by atoms with Crippen molar-refractivity contribution < 1.29 is 9.66 Å². The molecule has 0 fully saturated rings. The molecule has 1 heterocycles. The van der Waals surface area contributed by atoms with Gasteiger partial charge >= 0.3 is 0 Å². The summed E-state index contributed by atoms with van der Waals surface area (Å²) in [6.07, 6.45) is 1.40. The Morgan fingerprint density at radius 2 is 2.22 bits per heavy atom. The molecule has 0 unspecified atom stereocenters. The van der Waals surface area contributed by atoms with Crippen LogP contribution in [0.25, 0.3) is 11.4 Å². The summed E-state index contributed by atoms with van der Waals surface area (Å²) >= 11 is 11.3. The van der Waals surface area contributed by atoms with Gasteiger partial charge in [-0.15, -0.1) is 0 Å². The maximum absolute atomic E-state index is 10.9. The van der Waals surface area contributed by atoms with Gasteiger partial charge in [0.15, 0.2) is 5.82 Å². The lowest BCUT2D eigenvalue weighted by molar-refractivity contribution is -0.384. The third kappa shape index (κ3) is 4.21. The fraction of sp³-hybridized carbons (Fsp3) is 0.118. The highest BCUT2D eigenvalue weighted by Gasteiger charge is 2.11. The molecule has 0 aliphatic carbocycles. The van der Waals surface area contributed by atoms with Crippen molar-refractivity contribution in [3.8, 4) is 17.1 Å². The molecular formula is C17H14ClN5O3S. The van der Waals surface area contributed by atoms with Crippen LogP contribution in [0.4, 0.5) is 5.69 Å². The number of rotatable bonds is 6. The molecule has 0 aliphatic rings. The Labute approximate surface area is 164 Å². The van der Waals surface area contributed by atoms with Gasteiger partial charge in [0.25, 0.3) is 5.69 Å². The molecule has 0 atom stereocenters. The maximum atomic E-state index is 10.9. The van der Waals surface area contributed by atoms with Crippen LogP contribution in [-0.2, 0) is 0 Å². The molecule has 1 aromatic heterocycles. The molecule has 3 aromatic rings. The van der Waals surface area contributed by atoms with E-state index in [0.717, 1.165) is 5.56 Å². The number of halogens is 1. The Morgan fingerprint density at radius 3 is 2.96 bits per heavy atom. The summed E-state index contributed by atoms with van der Waals surface area (Å²) in [6.45, 7) is 2.44. The number of nitro benzene ring substituents is 1. The van der Waals surface area contributed by atoms with E-state index >= 15 is 0 Å². The van der Waals surface area contributed by atoms with E-state index in [1.54, 1.807) is 0 Å². The maximum Gasteiger partial charge on any atom is 0.270 e. The van der Waals surface area contributed by atoms with Gasteiger partial charge in [0.05, 0.1) is 17.7 Å². The van der Waals surface area contributed by atoms with Crippen molar-refractivity contribution in [1.82, 2.24) is 14.9 Å². The number of hydrogen-bond donors (Lipinski definition) is 1. The lowest BCUT2D eigenvalue weighted by Crippen LogP contribution is -1.97. The van der Waals surface area contributed by atoms with Crippen LogP contribution in [0.3, 0.4) is 0 Å². The number of nitrogens with zero attached hydrogens (tertiary/aromatic N) is 4. The zero-order chi connectivity index (χ0) is 19.4. The third-order valence-corrected chi connectivity index (χ3v) is 4.16. The lowest BCUT2D eigenvalue weighted by Gasteiger charge is -2.05. The third-order valence-electron chi connectivity index (χ3n) is 3.56. The van der Waals surface area contributed by atoms with Gasteiger partial charge in [0.2, 0.25) is 4.77 Å². The van der Waals surface area contributed by atoms with Gasteiger partial charge in [-0.3, -0.25) is 10.1 Å². The SMILES string of the molecule is CCOc1cccc(-c2n[nH]c(=S)n2N=Cc2cc([N+](=O)[O-])ccc2Cl)c1. The molecule has 3 rings (SSSR count). The van der Waals surface area contributed by atoms with Crippen LogP contribution in [0, 0.1) is 14.9 Å². The van der Waals surface area contributed by atoms with Crippen molar-refractivity contribution in [3.63, 3.8) is 0 Å². The molecule has 0 saturated carbocycles. The highest BCUT2D eigenvalue weighted by molar-refractivity contribution is 7.71. The minimum Gasteiger partial charge on any atom is -0.494 e. The van der Waals surface area contributed by atoms with Gasteiger partial charge in [-0.1, -0.05) is 23.7 Å². The fourth-order valence-electron chi connectivity index (χ4n) is 2.34. The molecule has 138 valence electrons. The van der Waals surface area contributed by atoms with Crippen molar-refractivity contribution in [2.75, 3.05) is 6.61 Å². The monoisotopic (exact) mass is 403 g/mol. The molecular weight excluding hydrogens is 390 g/mol. The first-order chi connectivity index (χ1) is 13.0. The van der Waals surface area contributed by atoms with Crippen molar-refractivity contribution >= 4 is 35.7 Å². The smallest absolute Gasteiger partial charge is 0.270 e. The Balaban J connectivity index is 2.00. The molecule has 0 aliphatic heterocycles. The van der Waals surface area contributed by atoms with Gasteiger partial charge in [-0.05, 0) is 37.3 Å². The van der Waals surface area contributed by atoms with Crippen LogP contribution in [-0.4, -0.2) is 32.6 Å². The number of ether oxygens (including phenoxy) is 1. The highest BCUT2D eigenvalue weighted by Crippen LogP contribution is 2.24. The Bertz CT molecular complexity index is 1080. The van der Waals surface area contributed by atoms with E-state index in [1.165, 1.54) is 29.1 Å². The largest absolute Gasteiger partial charge is 0.494 e. The average Bonchev–Trinajstić information content (AvgIpc) is 3.02. The molecule has 0 bridgehead atoms. The molecule has 0 saturated heterocycles. The van der Waals surface area contributed by atoms with E-state index in [0.29, 0.717) is 28.8 Å². The zero-order valence-corrected chi connectivity index (χ0v) is 15.7. The number of non-ortho nitro benzene ring substituents is 1. The molecule has 10 heteroatoms. The second-order valence-corrected chi connectivity index (χ2v) is 6.13. The van der Waals surface area contributed by atoms with Crippen LogP contribution in [0.1, 0.15) is 12.5 Å². The van der Waals surface area contributed by atoms with E-state index in [-0.39, 0.29) is 10.5 Å². The van der Waals surface area contributed by atoms with Gasteiger partial charge in [-0.2, -0.15) is 14.9 Å². The van der Waals surface area contributed by atoms with E-state index in [1.807, 2.05) is 31.2 Å². The molecule has 27 heavy (non-hydrogen) atoms. The second kappa shape index (κ2) is 8.11. The van der Waals surface area contributed by atoms with Crippen molar-refractivity contribution in [2.45, 2.75) is 6.92 Å². The summed E-state index contributed by atoms with van der Waals surface area (Å²) in [4.78, 5) is 10.4. The van der Waals surface area contributed by atoms with E-state index in [9.17, 15) is 10.1 Å². The van der Waals surface area contributed by atoms with Gasteiger partial charge in [0, 0.05) is 28.3 Å². The number of aromatic nitrogens is 3. The number of H-pyrrole nitrogens is 1. The standard InChI is InChI=1S/C17H14ClN5O3S/c1-2-26-14-5-3-4-11(9-14)16-20-21-17(27)22(16)19-10-12-8-13(23(24)25)6-7-15(12)18/h3-10H,2H2,1H3,(H,21,27). The summed E-state index contributed by atoms with van der Waals surface area (Å²) in [5.74, 6) is 1.17. The van der Waals surface area contributed by atoms with Gasteiger partial charge in [0.1, 0.15) is 5.75 Å². The molecule has 2 aromatic carbocycles. The molecule has 0 amide bonds. The van der Waals surface area contributed by atoms with Crippen LogP contribution in [0.15, 0.2) is 47.6 Å². The minimum atomic E-state index is -0.498. The summed E-state index contributed by atoms with van der Waals surface area (Å²) in [6, 6.07) is 11.5. The average molecular weight is 404 g/mol. The normalized spacial score (nSPS) is 11.0. The van der Waals surface area contributed by atoms with E-state index < -0.39 is 4.92 Å². The van der Waals surface area contributed by atoms with Crippen LogP contribution in [0.5, 0.6) is 5.75 Å². The van der Waals surface area contributed by atoms with E-state index in [4.69, 9.17) is 28.6 Å². The quantitative estimate of drug-likeness (QED) is 0.284. The van der Waals surface area contributed by atoms with Crippen LogP contribution in [0.2, 0.25) is 5.02 Å². The molecule has 0 spiro atoms.